The van der Waals surface area contributed by atoms with Gasteiger partial charge in [0.25, 0.3) is 0 Å². The maximum absolute atomic E-state index is 10.5. The summed E-state index contributed by atoms with van der Waals surface area (Å²) in [7, 11) is 0. The Morgan fingerprint density at radius 1 is 1.14 bits per heavy atom. The first-order valence-electron chi connectivity index (χ1n) is 8.43. The Hall–Kier alpha value is -0.900. The van der Waals surface area contributed by atoms with E-state index < -0.39 is 0 Å². The molecule has 3 heteroatoms. The van der Waals surface area contributed by atoms with Crippen molar-refractivity contribution in [3.05, 3.63) is 35.9 Å². The summed E-state index contributed by atoms with van der Waals surface area (Å²) in [6.07, 6.45) is 3.63. The van der Waals surface area contributed by atoms with Crippen LogP contribution in [-0.2, 0) is 0 Å². The zero-order valence-electron chi connectivity index (χ0n) is 13.1. The van der Waals surface area contributed by atoms with Crippen LogP contribution < -0.4 is 0 Å². The molecule has 0 radical (unpaired) electrons. The van der Waals surface area contributed by atoms with E-state index in [1.165, 1.54) is 45.4 Å². The molecule has 2 heterocycles. The Kier molecular flexibility index (Phi) is 4.94. The second kappa shape index (κ2) is 6.91. The first-order chi connectivity index (χ1) is 10.2. The van der Waals surface area contributed by atoms with Crippen molar-refractivity contribution in [2.24, 2.45) is 5.92 Å². The van der Waals surface area contributed by atoms with Gasteiger partial charge in [0.05, 0.1) is 6.10 Å². The van der Waals surface area contributed by atoms with Crippen molar-refractivity contribution in [1.29, 1.82) is 0 Å². The lowest BCUT2D eigenvalue weighted by atomic mass is 9.96. The first kappa shape index (κ1) is 15.0. The number of benzene rings is 1. The molecule has 2 aliphatic heterocycles. The van der Waals surface area contributed by atoms with E-state index in [4.69, 9.17) is 0 Å². The molecule has 0 amide bonds. The first-order valence-corrected chi connectivity index (χ1v) is 8.43. The van der Waals surface area contributed by atoms with Crippen molar-refractivity contribution in [3.8, 4) is 0 Å². The summed E-state index contributed by atoms with van der Waals surface area (Å²) in [5.74, 6) is 0.278. The fourth-order valence-corrected chi connectivity index (χ4v) is 3.93. The molecule has 1 aromatic carbocycles. The molecule has 3 nitrogen and oxygen atoms in total. The number of rotatable bonds is 4. The second-order valence-corrected chi connectivity index (χ2v) is 6.78. The van der Waals surface area contributed by atoms with E-state index in [9.17, 15) is 5.11 Å². The monoisotopic (exact) mass is 288 g/mol. The molecule has 1 N–H and O–H groups in total. The average Bonchev–Trinajstić information content (AvgIpc) is 2.86. The molecular formula is C18H28N2O. The molecule has 0 bridgehead atoms. The van der Waals surface area contributed by atoms with Crippen molar-refractivity contribution in [2.75, 3.05) is 32.7 Å². The van der Waals surface area contributed by atoms with Crippen LogP contribution >= 0.6 is 0 Å². The van der Waals surface area contributed by atoms with E-state index in [2.05, 4.69) is 16.7 Å². The molecule has 0 saturated carbocycles. The van der Waals surface area contributed by atoms with Gasteiger partial charge in [0.2, 0.25) is 0 Å². The van der Waals surface area contributed by atoms with Gasteiger partial charge < -0.3 is 10.0 Å². The third-order valence-corrected chi connectivity index (χ3v) is 5.11. The van der Waals surface area contributed by atoms with Gasteiger partial charge in [-0.15, -0.1) is 0 Å². The number of aliphatic hydroxyl groups is 1. The Morgan fingerprint density at radius 2 is 1.90 bits per heavy atom. The van der Waals surface area contributed by atoms with Gasteiger partial charge in [-0.2, -0.15) is 0 Å². The number of hydrogen-bond donors (Lipinski definition) is 1. The fourth-order valence-electron chi connectivity index (χ4n) is 3.93. The van der Waals surface area contributed by atoms with Crippen LogP contribution in [0, 0.1) is 5.92 Å². The minimum absolute atomic E-state index is 0.278. The van der Waals surface area contributed by atoms with E-state index in [1.54, 1.807) is 0 Å². The van der Waals surface area contributed by atoms with Gasteiger partial charge in [0, 0.05) is 19.1 Å². The van der Waals surface area contributed by atoms with Gasteiger partial charge >= 0.3 is 0 Å². The van der Waals surface area contributed by atoms with Crippen molar-refractivity contribution < 1.29 is 5.11 Å². The fraction of sp³-hybridized carbons (Fsp3) is 0.667. The molecular weight excluding hydrogens is 260 g/mol. The van der Waals surface area contributed by atoms with Crippen LogP contribution in [0.5, 0.6) is 0 Å². The molecule has 2 aliphatic rings. The molecule has 3 atom stereocenters. The van der Waals surface area contributed by atoms with E-state index in [-0.39, 0.29) is 12.0 Å². The standard InChI is InChI=1S/C18H28N2O/c1-15(18(21)16-7-3-2-4-8-16)13-19-10-6-12-20-11-5-9-17(20)14-19/h2-4,7-8,15,17-18,21H,5-6,9-14H2,1H3. The van der Waals surface area contributed by atoms with Crippen LogP contribution in [0.2, 0.25) is 0 Å². The lowest BCUT2D eigenvalue weighted by Crippen LogP contribution is -2.39. The largest absolute Gasteiger partial charge is 0.388 e. The number of nitrogens with zero attached hydrogens (tertiary/aromatic N) is 2. The zero-order valence-corrected chi connectivity index (χ0v) is 13.1. The Balaban J connectivity index is 1.57. The van der Waals surface area contributed by atoms with Crippen LogP contribution in [-0.4, -0.2) is 53.7 Å². The highest BCUT2D eigenvalue weighted by atomic mass is 16.3. The summed E-state index contributed by atoms with van der Waals surface area (Å²) >= 11 is 0. The van der Waals surface area contributed by atoms with Crippen LogP contribution in [0.1, 0.15) is 37.9 Å². The molecule has 1 aromatic rings. The van der Waals surface area contributed by atoms with Crippen molar-refractivity contribution in [3.63, 3.8) is 0 Å². The minimum atomic E-state index is -0.353. The lowest BCUT2D eigenvalue weighted by Gasteiger charge is -2.29. The van der Waals surface area contributed by atoms with Gasteiger partial charge in [0.15, 0.2) is 0 Å². The molecule has 116 valence electrons. The SMILES string of the molecule is CC(CN1CCCN2CCCC2C1)C(O)c1ccccc1. The highest BCUT2D eigenvalue weighted by Gasteiger charge is 2.29. The molecule has 0 spiro atoms. The topological polar surface area (TPSA) is 26.7 Å². The van der Waals surface area contributed by atoms with E-state index in [0.717, 1.165) is 18.2 Å². The highest BCUT2D eigenvalue weighted by Crippen LogP contribution is 2.25. The lowest BCUT2D eigenvalue weighted by molar-refractivity contribution is 0.0856. The van der Waals surface area contributed by atoms with Crippen LogP contribution in [0.15, 0.2) is 30.3 Å². The predicted molar refractivity (Wildman–Crippen MR) is 86.2 cm³/mol. The van der Waals surface area contributed by atoms with Gasteiger partial charge in [-0.1, -0.05) is 37.3 Å². The maximum Gasteiger partial charge on any atom is 0.0827 e. The highest BCUT2D eigenvalue weighted by molar-refractivity contribution is 5.17. The second-order valence-electron chi connectivity index (χ2n) is 6.78. The third kappa shape index (κ3) is 3.65. The molecule has 0 aliphatic carbocycles. The van der Waals surface area contributed by atoms with Crippen molar-refractivity contribution >= 4 is 0 Å². The normalized spacial score (nSPS) is 27.0. The van der Waals surface area contributed by atoms with E-state index >= 15 is 0 Å². The summed E-state index contributed by atoms with van der Waals surface area (Å²) in [4.78, 5) is 5.24. The molecule has 3 unspecified atom stereocenters. The quantitative estimate of drug-likeness (QED) is 0.922. The predicted octanol–water partition coefficient (Wildman–Crippen LogP) is 2.53. The third-order valence-electron chi connectivity index (χ3n) is 5.11. The smallest absolute Gasteiger partial charge is 0.0827 e. The molecule has 3 rings (SSSR count). The minimum Gasteiger partial charge on any atom is -0.388 e. The average molecular weight is 288 g/mol. The summed E-state index contributed by atoms with van der Waals surface area (Å²) in [5.41, 5.74) is 1.04. The summed E-state index contributed by atoms with van der Waals surface area (Å²) < 4.78 is 0. The Bertz CT molecular complexity index is 436. The van der Waals surface area contributed by atoms with Gasteiger partial charge in [-0.3, -0.25) is 4.90 Å². The van der Waals surface area contributed by atoms with Crippen LogP contribution in [0.25, 0.3) is 0 Å². The summed E-state index contributed by atoms with van der Waals surface area (Å²) in [6.45, 7) is 8.09. The van der Waals surface area contributed by atoms with Crippen molar-refractivity contribution in [2.45, 2.75) is 38.3 Å². The molecule has 2 fully saturated rings. The van der Waals surface area contributed by atoms with Gasteiger partial charge in [0.1, 0.15) is 0 Å². The van der Waals surface area contributed by atoms with Gasteiger partial charge in [-0.25, -0.2) is 0 Å². The van der Waals surface area contributed by atoms with Crippen molar-refractivity contribution in [1.82, 2.24) is 9.80 Å². The zero-order chi connectivity index (χ0) is 14.7. The molecule has 2 saturated heterocycles. The molecule has 21 heavy (non-hydrogen) atoms. The maximum atomic E-state index is 10.5. The Labute approximate surface area is 128 Å². The van der Waals surface area contributed by atoms with Gasteiger partial charge in [-0.05, 0) is 50.4 Å². The Morgan fingerprint density at radius 3 is 2.71 bits per heavy atom. The summed E-state index contributed by atoms with van der Waals surface area (Å²) in [6, 6.07) is 10.8. The van der Waals surface area contributed by atoms with Crippen LogP contribution in [0.4, 0.5) is 0 Å². The summed E-state index contributed by atoms with van der Waals surface area (Å²) in [5, 5.41) is 10.5. The number of hydrogen-bond acceptors (Lipinski definition) is 3. The van der Waals surface area contributed by atoms with Crippen LogP contribution in [0.3, 0.4) is 0 Å². The molecule has 0 aromatic heterocycles. The number of fused-ring (bicyclic) bond motifs is 1. The number of aliphatic hydroxyl groups excluding tert-OH is 1. The van der Waals surface area contributed by atoms with E-state index in [1.807, 2.05) is 30.3 Å². The van der Waals surface area contributed by atoms with E-state index in [0.29, 0.717) is 0 Å².